The van der Waals surface area contributed by atoms with Gasteiger partial charge in [-0.25, -0.2) is 0 Å². The van der Waals surface area contributed by atoms with E-state index in [1.54, 1.807) is 18.0 Å². The van der Waals surface area contributed by atoms with E-state index in [1.807, 2.05) is 78.9 Å². The summed E-state index contributed by atoms with van der Waals surface area (Å²) < 4.78 is 0. The Morgan fingerprint density at radius 3 is 2.23 bits per heavy atom. The molecule has 4 nitrogen and oxygen atoms in total. The fourth-order valence-electron chi connectivity index (χ4n) is 3.30. The molecule has 1 N–H and O–H groups in total. The van der Waals surface area contributed by atoms with Crippen LogP contribution in [0.1, 0.15) is 11.1 Å². The topological polar surface area (TPSA) is 49.4 Å². The highest BCUT2D eigenvalue weighted by Crippen LogP contribution is 2.21. The van der Waals surface area contributed by atoms with Gasteiger partial charge in [0.15, 0.2) is 0 Å². The number of nitrogens with one attached hydrogen (secondary N) is 1. The van der Waals surface area contributed by atoms with Gasteiger partial charge in [0, 0.05) is 29.9 Å². The summed E-state index contributed by atoms with van der Waals surface area (Å²) in [5, 5.41) is 3.33. The number of thioether (sulfide) groups is 1. The standard InChI is InChI=1S/C25H25ClN2O2S/c1-27-25(30)23(16-19-9-4-2-5-10-19)28(17-20-11-8-12-21(26)15-20)24(29)18-31-22-13-6-3-7-14-22/h2-15,23H,16-18H2,1H3,(H,27,30)/t23-/m0/s1. The van der Waals surface area contributed by atoms with Crippen LogP contribution in [-0.2, 0) is 22.6 Å². The molecule has 0 aliphatic rings. The number of hydrogen-bond acceptors (Lipinski definition) is 3. The summed E-state index contributed by atoms with van der Waals surface area (Å²) in [4.78, 5) is 28.9. The molecule has 0 aromatic heterocycles. The zero-order chi connectivity index (χ0) is 22.1. The van der Waals surface area contributed by atoms with Crippen molar-refractivity contribution < 1.29 is 9.59 Å². The number of nitrogens with zero attached hydrogens (tertiary/aromatic N) is 1. The van der Waals surface area contributed by atoms with E-state index in [0.717, 1.165) is 16.0 Å². The van der Waals surface area contributed by atoms with Crippen molar-refractivity contribution in [3.8, 4) is 0 Å². The lowest BCUT2D eigenvalue weighted by molar-refractivity contribution is -0.139. The van der Waals surface area contributed by atoms with E-state index in [9.17, 15) is 9.59 Å². The minimum Gasteiger partial charge on any atom is -0.357 e. The fraction of sp³-hybridized carbons (Fsp3) is 0.200. The first-order chi connectivity index (χ1) is 15.1. The molecule has 3 rings (SSSR count). The lowest BCUT2D eigenvalue weighted by Gasteiger charge is -2.31. The van der Waals surface area contributed by atoms with Gasteiger partial charge in [0.1, 0.15) is 6.04 Å². The van der Waals surface area contributed by atoms with E-state index in [1.165, 1.54) is 11.8 Å². The van der Waals surface area contributed by atoms with Crippen LogP contribution in [0.4, 0.5) is 0 Å². The van der Waals surface area contributed by atoms with Gasteiger partial charge in [0.05, 0.1) is 5.75 Å². The minimum atomic E-state index is -0.629. The Labute approximate surface area is 192 Å². The third-order valence-electron chi connectivity index (χ3n) is 4.86. The molecular formula is C25H25ClN2O2S. The summed E-state index contributed by atoms with van der Waals surface area (Å²) in [7, 11) is 1.60. The highest BCUT2D eigenvalue weighted by Gasteiger charge is 2.29. The van der Waals surface area contributed by atoms with E-state index in [2.05, 4.69) is 5.32 Å². The molecule has 1 atom stereocenters. The highest BCUT2D eigenvalue weighted by atomic mass is 35.5. The predicted molar refractivity (Wildman–Crippen MR) is 127 cm³/mol. The summed E-state index contributed by atoms with van der Waals surface area (Å²) in [6.45, 7) is 0.305. The van der Waals surface area contributed by atoms with Crippen molar-refractivity contribution in [1.82, 2.24) is 10.2 Å². The van der Waals surface area contributed by atoms with E-state index in [4.69, 9.17) is 11.6 Å². The summed E-state index contributed by atoms with van der Waals surface area (Å²) in [5.74, 6) is -0.0466. The maximum Gasteiger partial charge on any atom is 0.242 e. The average molecular weight is 453 g/mol. The first kappa shape index (κ1) is 22.9. The second-order valence-electron chi connectivity index (χ2n) is 7.07. The van der Waals surface area contributed by atoms with E-state index >= 15 is 0 Å². The first-order valence-electron chi connectivity index (χ1n) is 10.0. The van der Waals surface area contributed by atoms with E-state index in [-0.39, 0.29) is 17.6 Å². The summed E-state index contributed by atoms with van der Waals surface area (Å²) in [6.07, 6.45) is 0.433. The van der Waals surface area contributed by atoms with Crippen molar-refractivity contribution in [2.24, 2.45) is 0 Å². The summed E-state index contributed by atoms with van der Waals surface area (Å²) in [6, 6.07) is 26.3. The molecule has 0 spiro atoms. The number of halogens is 1. The third-order valence-corrected chi connectivity index (χ3v) is 6.10. The first-order valence-corrected chi connectivity index (χ1v) is 11.4. The molecule has 3 aromatic carbocycles. The van der Waals surface area contributed by atoms with Gasteiger partial charge in [0.2, 0.25) is 11.8 Å². The molecule has 0 radical (unpaired) electrons. The number of hydrogen-bond donors (Lipinski definition) is 1. The van der Waals surface area contributed by atoms with Gasteiger partial charge < -0.3 is 10.2 Å². The molecule has 0 saturated heterocycles. The molecule has 0 aliphatic carbocycles. The monoisotopic (exact) mass is 452 g/mol. The number of benzene rings is 3. The highest BCUT2D eigenvalue weighted by molar-refractivity contribution is 8.00. The Balaban J connectivity index is 1.87. The van der Waals surface area contributed by atoms with Crippen LogP contribution in [0.5, 0.6) is 0 Å². The van der Waals surface area contributed by atoms with Gasteiger partial charge in [-0.2, -0.15) is 0 Å². The molecule has 31 heavy (non-hydrogen) atoms. The molecule has 0 heterocycles. The Morgan fingerprint density at radius 2 is 1.58 bits per heavy atom. The molecule has 6 heteroatoms. The van der Waals surface area contributed by atoms with Gasteiger partial charge in [-0.1, -0.05) is 72.3 Å². The van der Waals surface area contributed by atoms with Gasteiger partial charge in [-0.15, -0.1) is 11.8 Å². The molecule has 0 aliphatic heterocycles. The smallest absolute Gasteiger partial charge is 0.242 e. The Kier molecular flexibility index (Phi) is 8.56. The number of amides is 2. The van der Waals surface area contributed by atoms with Crippen molar-refractivity contribution in [2.75, 3.05) is 12.8 Å². The van der Waals surface area contributed by atoms with Gasteiger partial charge in [-0.05, 0) is 35.4 Å². The van der Waals surface area contributed by atoms with Gasteiger partial charge >= 0.3 is 0 Å². The molecule has 0 fully saturated rings. The van der Waals surface area contributed by atoms with Crippen LogP contribution in [0.3, 0.4) is 0 Å². The SMILES string of the molecule is CNC(=O)[C@H](Cc1ccccc1)N(Cc1cccc(Cl)c1)C(=O)CSc1ccccc1. The Bertz CT molecular complexity index is 999. The largest absolute Gasteiger partial charge is 0.357 e. The van der Waals surface area contributed by atoms with Crippen LogP contribution < -0.4 is 5.32 Å². The van der Waals surface area contributed by atoms with Gasteiger partial charge in [0.25, 0.3) is 0 Å². The summed E-state index contributed by atoms with van der Waals surface area (Å²) >= 11 is 7.63. The molecule has 0 bridgehead atoms. The second kappa shape index (κ2) is 11.6. The van der Waals surface area contributed by atoms with Gasteiger partial charge in [-0.3, -0.25) is 9.59 Å². The van der Waals surface area contributed by atoms with Crippen molar-refractivity contribution in [2.45, 2.75) is 23.9 Å². The molecule has 0 unspecified atom stereocenters. The molecule has 0 saturated carbocycles. The summed E-state index contributed by atoms with van der Waals surface area (Å²) in [5.41, 5.74) is 1.88. The van der Waals surface area contributed by atoms with E-state index in [0.29, 0.717) is 18.0 Å². The number of likely N-dealkylation sites (N-methyl/N-ethyl adjacent to an activating group) is 1. The van der Waals surface area contributed by atoms with Crippen LogP contribution in [0.15, 0.2) is 89.8 Å². The average Bonchev–Trinajstić information content (AvgIpc) is 2.80. The molecule has 3 aromatic rings. The van der Waals surface area contributed by atoms with Crippen molar-refractivity contribution in [1.29, 1.82) is 0 Å². The number of carbonyl (C=O) groups is 2. The molecular weight excluding hydrogens is 428 g/mol. The second-order valence-corrected chi connectivity index (χ2v) is 8.56. The minimum absolute atomic E-state index is 0.0987. The third kappa shape index (κ3) is 6.88. The maximum atomic E-state index is 13.3. The number of rotatable bonds is 9. The zero-order valence-corrected chi connectivity index (χ0v) is 18.9. The van der Waals surface area contributed by atoms with Crippen molar-refractivity contribution in [3.63, 3.8) is 0 Å². The van der Waals surface area contributed by atoms with Crippen LogP contribution >= 0.6 is 23.4 Å². The van der Waals surface area contributed by atoms with E-state index < -0.39 is 6.04 Å². The quantitative estimate of drug-likeness (QED) is 0.473. The zero-order valence-electron chi connectivity index (χ0n) is 17.3. The van der Waals surface area contributed by atoms with Crippen LogP contribution in [-0.4, -0.2) is 35.6 Å². The van der Waals surface area contributed by atoms with Crippen LogP contribution in [0.2, 0.25) is 5.02 Å². The van der Waals surface area contributed by atoms with Crippen LogP contribution in [0.25, 0.3) is 0 Å². The van der Waals surface area contributed by atoms with Crippen molar-refractivity contribution in [3.05, 3.63) is 101 Å². The fourth-order valence-corrected chi connectivity index (χ4v) is 4.32. The van der Waals surface area contributed by atoms with Crippen molar-refractivity contribution >= 4 is 35.2 Å². The lowest BCUT2D eigenvalue weighted by Crippen LogP contribution is -2.50. The number of carbonyl (C=O) groups excluding carboxylic acids is 2. The molecule has 160 valence electrons. The normalized spacial score (nSPS) is 11.5. The molecule has 2 amide bonds. The van der Waals surface area contributed by atoms with Crippen LogP contribution in [0, 0.1) is 0 Å². The maximum absolute atomic E-state index is 13.3. The predicted octanol–water partition coefficient (Wildman–Crippen LogP) is 4.82. The lowest BCUT2D eigenvalue weighted by atomic mass is 10.0. The Morgan fingerprint density at radius 1 is 0.935 bits per heavy atom. The Hall–Kier alpha value is -2.76.